The van der Waals surface area contributed by atoms with Gasteiger partial charge in [0.15, 0.2) is 0 Å². The van der Waals surface area contributed by atoms with E-state index in [1.54, 1.807) is 8.71 Å². The van der Waals surface area contributed by atoms with Crippen LogP contribution in [0.1, 0.15) is 12.5 Å². The number of hydrogen-bond acceptors (Lipinski definition) is 3. The first-order valence-corrected chi connectivity index (χ1v) is 27.5. The van der Waals surface area contributed by atoms with Gasteiger partial charge in [-0.1, -0.05) is 0 Å². The van der Waals surface area contributed by atoms with Gasteiger partial charge in [-0.25, -0.2) is 0 Å². The molecule has 0 fully saturated rings. The van der Waals surface area contributed by atoms with Crippen molar-refractivity contribution in [3.8, 4) is 11.5 Å². The number of benzene rings is 1. The predicted molar refractivity (Wildman–Crippen MR) is 99.0 cm³/mol. The third-order valence-corrected chi connectivity index (χ3v) is 42.2. The Morgan fingerprint density at radius 3 is 2.00 bits per heavy atom. The van der Waals surface area contributed by atoms with Crippen molar-refractivity contribution >= 4 is 48.8 Å². The van der Waals surface area contributed by atoms with E-state index in [1.165, 1.54) is 6.92 Å². The molecule has 0 radical (unpaired) electrons. The Kier molecular flexibility index (Phi) is 6.86. The first-order valence-electron chi connectivity index (χ1n) is 7.54. The zero-order chi connectivity index (χ0) is 17.1. The van der Waals surface area contributed by atoms with Gasteiger partial charge in [-0.05, 0) is 0 Å². The van der Waals surface area contributed by atoms with Crippen LogP contribution in [0.3, 0.4) is 0 Å². The van der Waals surface area contributed by atoms with Crippen LogP contribution < -0.4 is 9.47 Å². The molecule has 0 spiro atoms. The van der Waals surface area contributed by atoms with Gasteiger partial charge in [0.1, 0.15) is 0 Å². The van der Waals surface area contributed by atoms with Crippen molar-refractivity contribution in [2.24, 2.45) is 0 Å². The first kappa shape index (κ1) is 19.9. The summed E-state index contributed by atoms with van der Waals surface area (Å²) in [6, 6.07) is 5.61. The van der Waals surface area contributed by atoms with Gasteiger partial charge in [0, 0.05) is 0 Å². The first-order chi connectivity index (χ1) is 9.95. The number of methoxy groups -OCH3 is 1. The molecule has 1 rings (SSSR count). The maximum absolute atomic E-state index is 11.4. The van der Waals surface area contributed by atoms with Gasteiger partial charge in [0.05, 0.1) is 0 Å². The van der Waals surface area contributed by atoms with Gasteiger partial charge in [-0.15, -0.1) is 0 Å². The molecule has 0 heterocycles. The van der Waals surface area contributed by atoms with Crippen LogP contribution in [0.15, 0.2) is 19.8 Å². The van der Waals surface area contributed by atoms with E-state index in [1.807, 2.05) is 18.2 Å². The van der Waals surface area contributed by atoms with Gasteiger partial charge >= 0.3 is 144 Å². The molecule has 0 N–H and O–H groups in total. The summed E-state index contributed by atoms with van der Waals surface area (Å²) >= 11 is -4.41. The summed E-state index contributed by atoms with van der Waals surface area (Å²) in [5.74, 6) is 1.12. The fourth-order valence-electron chi connectivity index (χ4n) is 2.73. The van der Waals surface area contributed by atoms with Gasteiger partial charge in [0.2, 0.25) is 0 Å². The Labute approximate surface area is 142 Å². The zero-order valence-electron chi connectivity index (χ0n) is 15.0. The van der Waals surface area contributed by atoms with Gasteiger partial charge in [-0.3, -0.25) is 0 Å². The zero-order valence-corrected chi connectivity index (χ0v) is 20.7. The molecule has 0 aliphatic rings. The van der Waals surface area contributed by atoms with E-state index in [-0.39, 0.29) is 5.97 Å². The molecule has 122 valence electrons. The second-order valence-electron chi connectivity index (χ2n) is 7.56. The summed E-state index contributed by atoms with van der Waals surface area (Å²) in [5.41, 5.74) is 0.961. The van der Waals surface area contributed by atoms with E-state index >= 15 is 0 Å². The van der Waals surface area contributed by atoms with E-state index in [0.717, 1.165) is 11.3 Å². The summed E-state index contributed by atoms with van der Waals surface area (Å²) in [4.78, 5) is 26.1. The molecule has 0 aliphatic heterocycles. The topological polar surface area (TPSA) is 35.5 Å². The van der Waals surface area contributed by atoms with Crippen molar-refractivity contribution in [3.63, 3.8) is 0 Å². The van der Waals surface area contributed by atoms with Crippen molar-refractivity contribution in [3.05, 3.63) is 25.4 Å². The van der Waals surface area contributed by atoms with E-state index in [9.17, 15) is 4.79 Å². The van der Waals surface area contributed by atoms with Gasteiger partial charge < -0.3 is 0 Å². The molecule has 0 aromatic heterocycles. The SMILES string of the molecule is COc1ccc(OC(C)=O)c(C=[C]([Sn]([CH3])([CH3])[CH3])[Sn]([CH3])([CH3])[CH3])c1. The molecule has 1 aromatic rings. The molecule has 1 aromatic carbocycles. The molecule has 0 unspecified atom stereocenters. The van der Waals surface area contributed by atoms with Crippen LogP contribution in [0.2, 0.25) is 29.6 Å². The fourth-order valence-corrected chi connectivity index (χ4v) is 55.6. The van der Waals surface area contributed by atoms with Crippen molar-refractivity contribution in [1.29, 1.82) is 0 Å². The molecule has 0 saturated carbocycles. The standard InChI is InChI=1S/C11H10O3.6CH3.2Sn/c1-4-9-7-10(13-3)5-6-11(9)14-8(2)12;;;;;;;;/h4-7H,2-3H3;6*1H3;;. The van der Waals surface area contributed by atoms with Crippen LogP contribution in [0.4, 0.5) is 0 Å². The summed E-state index contributed by atoms with van der Waals surface area (Å²) < 4.78 is 12.4. The van der Waals surface area contributed by atoms with Crippen molar-refractivity contribution in [1.82, 2.24) is 0 Å². The third-order valence-electron chi connectivity index (χ3n) is 3.39. The number of esters is 1. The Bertz CT molecular complexity index is 563. The van der Waals surface area contributed by atoms with Crippen LogP contribution in [-0.4, -0.2) is 49.8 Å². The molecule has 0 amide bonds. The Hall–Kier alpha value is -0.173. The van der Waals surface area contributed by atoms with Gasteiger partial charge in [0.25, 0.3) is 0 Å². The number of rotatable bonds is 5. The summed E-state index contributed by atoms with van der Waals surface area (Å²) in [7, 11) is 1.65. The number of hydrogen-bond donors (Lipinski definition) is 0. The summed E-state index contributed by atoms with van der Waals surface area (Å²) in [5, 5.41) is 0. The maximum atomic E-state index is 11.4. The monoisotopic (exact) mass is 520 g/mol. The third kappa shape index (κ3) is 5.79. The second-order valence-corrected chi connectivity index (χ2v) is 40.4. The molecule has 5 heteroatoms. The number of carbonyl (C=O) groups is 1. The molecular formula is C17H28O3Sn2. The Morgan fingerprint density at radius 2 is 1.59 bits per heavy atom. The molecule has 0 bridgehead atoms. The molecule has 0 saturated heterocycles. The Balaban J connectivity index is 3.49. The summed E-state index contributed by atoms with van der Waals surface area (Å²) in [6.45, 7) is 1.44. The van der Waals surface area contributed by atoms with E-state index in [4.69, 9.17) is 9.47 Å². The molecule has 3 nitrogen and oxygen atoms in total. The number of carbonyl (C=O) groups excluding carboxylic acids is 1. The van der Waals surface area contributed by atoms with Crippen LogP contribution in [-0.2, 0) is 4.79 Å². The van der Waals surface area contributed by atoms with Crippen molar-refractivity contribution in [2.45, 2.75) is 36.6 Å². The second kappa shape index (κ2) is 7.60. The van der Waals surface area contributed by atoms with Crippen LogP contribution in [0, 0.1) is 0 Å². The average Bonchev–Trinajstić information content (AvgIpc) is 2.33. The van der Waals surface area contributed by atoms with Crippen molar-refractivity contribution in [2.75, 3.05) is 7.11 Å². The molecule has 0 aliphatic carbocycles. The minimum atomic E-state index is -2.20. The van der Waals surface area contributed by atoms with Crippen LogP contribution in [0.5, 0.6) is 11.5 Å². The summed E-state index contributed by atoms with van der Waals surface area (Å²) in [6.07, 6.45) is 2.30. The Morgan fingerprint density at radius 1 is 1.05 bits per heavy atom. The van der Waals surface area contributed by atoms with Crippen molar-refractivity contribution < 1.29 is 14.3 Å². The van der Waals surface area contributed by atoms with Crippen LogP contribution >= 0.6 is 0 Å². The van der Waals surface area contributed by atoms with Gasteiger partial charge in [-0.2, -0.15) is 0 Å². The predicted octanol–water partition coefficient (Wildman–Crippen LogP) is 4.76. The van der Waals surface area contributed by atoms with E-state index in [0.29, 0.717) is 5.75 Å². The number of ether oxygens (including phenoxy) is 2. The fraction of sp³-hybridized carbons (Fsp3) is 0.471. The molecule has 22 heavy (non-hydrogen) atoms. The van der Waals surface area contributed by atoms with Crippen LogP contribution in [0.25, 0.3) is 6.08 Å². The molecular weight excluding hydrogens is 490 g/mol. The normalized spacial score (nSPS) is 11.8. The quantitative estimate of drug-likeness (QED) is 0.321. The average molecular weight is 518 g/mol. The minimum absolute atomic E-state index is 0.292. The van der Waals surface area contributed by atoms with E-state index in [2.05, 4.69) is 35.7 Å². The van der Waals surface area contributed by atoms with E-state index < -0.39 is 36.8 Å². The molecule has 0 atom stereocenters.